The van der Waals surface area contributed by atoms with Crippen LogP contribution in [-0.4, -0.2) is 24.4 Å². The molecule has 3 unspecified atom stereocenters. The van der Waals surface area contributed by atoms with Gasteiger partial charge in [-0.25, -0.2) is 0 Å². The average Bonchev–Trinajstić information content (AvgIpc) is 2.62. The maximum atomic E-state index is 5.87. The highest BCUT2D eigenvalue weighted by molar-refractivity contribution is 6.18. The Morgan fingerprint density at radius 3 is 2.64 bits per heavy atom. The zero-order valence-electron chi connectivity index (χ0n) is 9.38. The molecule has 0 aromatic carbocycles. The molecule has 3 heteroatoms. The van der Waals surface area contributed by atoms with Gasteiger partial charge < -0.3 is 9.47 Å². The Balaban J connectivity index is 2.51. The van der Waals surface area contributed by atoms with Crippen LogP contribution in [-0.2, 0) is 9.47 Å². The van der Waals surface area contributed by atoms with E-state index in [-0.39, 0.29) is 11.9 Å². The maximum absolute atomic E-state index is 5.87. The smallest absolute Gasteiger partial charge is 0.168 e. The van der Waals surface area contributed by atoms with Crippen LogP contribution < -0.4 is 0 Å². The fourth-order valence-electron chi connectivity index (χ4n) is 1.80. The Hall–Kier alpha value is 0.210. The predicted octanol–water partition coefficient (Wildman–Crippen LogP) is 3.18. The van der Waals surface area contributed by atoms with E-state index >= 15 is 0 Å². The van der Waals surface area contributed by atoms with Gasteiger partial charge in [0.2, 0.25) is 0 Å². The maximum Gasteiger partial charge on any atom is 0.168 e. The van der Waals surface area contributed by atoms with Crippen molar-refractivity contribution in [1.29, 1.82) is 0 Å². The van der Waals surface area contributed by atoms with Gasteiger partial charge in [0.15, 0.2) is 5.79 Å². The lowest BCUT2D eigenvalue weighted by molar-refractivity contribution is -0.179. The second-order valence-corrected chi connectivity index (χ2v) is 4.50. The second kappa shape index (κ2) is 5.34. The van der Waals surface area contributed by atoms with Crippen molar-refractivity contribution in [2.24, 2.45) is 5.92 Å². The number of alkyl halides is 1. The Morgan fingerprint density at radius 2 is 2.21 bits per heavy atom. The molecule has 0 spiro atoms. The monoisotopic (exact) mass is 220 g/mol. The van der Waals surface area contributed by atoms with Gasteiger partial charge >= 0.3 is 0 Å². The summed E-state index contributed by atoms with van der Waals surface area (Å²) < 4.78 is 11.6. The van der Waals surface area contributed by atoms with Crippen LogP contribution in [0.1, 0.15) is 40.0 Å². The second-order valence-electron chi connectivity index (χ2n) is 4.19. The quantitative estimate of drug-likeness (QED) is 0.663. The molecule has 14 heavy (non-hydrogen) atoms. The zero-order valence-corrected chi connectivity index (χ0v) is 10.1. The topological polar surface area (TPSA) is 18.5 Å². The highest BCUT2D eigenvalue weighted by Gasteiger charge is 2.40. The molecule has 0 N–H and O–H groups in total. The van der Waals surface area contributed by atoms with Crippen molar-refractivity contribution in [2.75, 3.05) is 12.5 Å². The minimum atomic E-state index is -0.352. The Bertz CT molecular complexity index is 175. The highest BCUT2D eigenvalue weighted by Crippen LogP contribution is 2.34. The summed E-state index contributed by atoms with van der Waals surface area (Å²) in [6, 6.07) is 0. The van der Waals surface area contributed by atoms with E-state index in [9.17, 15) is 0 Å². The standard InChI is InChI=1S/C11H21ClO2/c1-4-9(3)6-11(5-2)13-8-10(7-12)14-11/h9-10H,4-8H2,1-3H3. The van der Waals surface area contributed by atoms with Gasteiger partial charge in [0.1, 0.15) is 0 Å². The van der Waals surface area contributed by atoms with E-state index in [4.69, 9.17) is 21.1 Å². The third-order valence-corrected chi connectivity index (χ3v) is 3.33. The third kappa shape index (κ3) is 2.85. The van der Waals surface area contributed by atoms with Crippen LogP contribution in [0, 0.1) is 5.92 Å². The van der Waals surface area contributed by atoms with E-state index in [2.05, 4.69) is 20.8 Å². The number of hydrogen-bond acceptors (Lipinski definition) is 2. The number of ether oxygens (including phenoxy) is 2. The summed E-state index contributed by atoms with van der Waals surface area (Å²) >= 11 is 5.76. The molecular weight excluding hydrogens is 200 g/mol. The molecule has 1 heterocycles. The molecule has 1 fully saturated rings. The number of halogens is 1. The van der Waals surface area contributed by atoms with Crippen molar-refractivity contribution in [3.63, 3.8) is 0 Å². The van der Waals surface area contributed by atoms with Crippen LogP contribution in [0.5, 0.6) is 0 Å². The van der Waals surface area contributed by atoms with Gasteiger partial charge in [-0.1, -0.05) is 27.2 Å². The molecule has 1 rings (SSSR count). The molecule has 2 nitrogen and oxygen atoms in total. The normalized spacial score (nSPS) is 34.7. The van der Waals surface area contributed by atoms with Crippen LogP contribution >= 0.6 is 11.6 Å². The van der Waals surface area contributed by atoms with Crippen molar-refractivity contribution in [1.82, 2.24) is 0 Å². The first-order chi connectivity index (χ1) is 6.65. The molecule has 0 radical (unpaired) electrons. The van der Waals surface area contributed by atoms with Gasteiger partial charge in [-0.3, -0.25) is 0 Å². The van der Waals surface area contributed by atoms with Crippen molar-refractivity contribution in [2.45, 2.75) is 51.9 Å². The lowest BCUT2D eigenvalue weighted by Crippen LogP contribution is -2.32. The summed E-state index contributed by atoms with van der Waals surface area (Å²) in [5.41, 5.74) is 0. The first-order valence-corrected chi connectivity index (χ1v) is 6.07. The van der Waals surface area contributed by atoms with E-state index in [1.807, 2.05) is 0 Å². The average molecular weight is 221 g/mol. The van der Waals surface area contributed by atoms with Gasteiger partial charge in [0.25, 0.3) is 0 Å². The van der Waals surface area contributed by atoms with Crippen molar-refractivity contribution in [3.05, 3.63) is 0 Å². The molecule has 3 atom stereocenters. The first kappa shape index (κ1) is 12.3. The first-order valence-electron chi connectivity index (χ1n) is 5.53. The van der Waals surface area contributed by atoms with Gasteiger partial charge in [-0.2, -0.15) is 0 Å². The summed E-state index contributed by atoms with van der Waals surface area (Å²) in [5, 5.41) is 0. The van der Waals surface area contributed by atoms with Crippen LogP contribution in [0.3, 0.4) is 0 Å². The summed E-state index contributed by atoms with van der Waals surface area (Å²) in [7, 11) is 0. The Kier molecular flexibility index (Phi) is 4.68. The molecule has 0 aliphatic carbocycles. The molecule has 84 valence electrons. The SMILES string of the molecule is CCC(C)CC1(CC)OCC(CCl)O1. The van der Waals surface area contributed by atoms with E-state index in [1.54, 1.807) is 0 Å². The lowest BCUT2D eigenvalue weighted by Gasteiger charge is -2.29. The molecule has 0 aromatic heterocycles. The van der Waals surface area contributed by atoms with Crippen molar-refractivity contribution < 1.29 is 9.47 Å². The third-order valence-electron chi connectivity index (χ3n) is 2.98. The fourth-order valence-corrected chi connectivity index (χ4v) is 1.96. The van der Waals surface area contributed by atoms with Gasteiger partial charge in [0, 0.05) is 6.42 Å². The van der Waals surface area contributed by atoms with Gasteiger partial charge in [-0.15, -0.1) is 11.6 Å². The highest BCUT2D eigenvalue weighted by atomic mass is 35.5. The van der Waals surface area contributed by atoms with E-state index < -0.39 is 0 Å². The van der Waals surface area contributed by atoms with Crippen LogP contribution in [0.25, 0.3) is 0 Å². The molecular formula is C11H21ClO2. The summed E-state index contributed by atoms with van der Waals surface area (Å²) in [4.78, 5) is 0. The fraction of sp³-hybridized carbons (Fsp3) is 1.00. The Labute approximate surface area is 91.9 Å². The number of rotatable bonds is 5. The Morgan fingerprint density at radius 1 is 1.50 bits per heavy atom. The largest absolute Gasteiger partial charge is 0.347 e. The molecule has 0 saturated carbocycles. The minimum Gasteiger partial charge on any atom is -0.347 e. The predicted molar refractivity (Wildman–Crippen MR) is 58.6 cm³/mol. The van der Waals surface area contributed by atoms with E-state index in [1.165, 1.54) is 6.42 Å². The summed E-state index contributed by atoms with van der Waals surface area (Å²) in [6.45, 7) is 7.19. The molecule has 0 aromatic rings. The van der Waals surface area contributed by atoms with Crippen LogP contribution in [0.15, 0.2) is 0 Å². The van der Waals surface area contributed by atoms with Crippen LogP contribution in [0.4, 0.5) is 0 Å². The summed E-state index contributed by atoms with van der Waals surface area (Å²) in [5.74, 6) is 0.820. The van der Waals surface area contributed by atoms with Crippen molar-refractivity contribution >= 4 is 11.6 Å². The number of hydrogen-bond donors (Lipinski definition) is 0. The van der Waals surface area contributed by atoms with Gasteiger partial charge in [-0.05, 0) is 12.3 Å². The lowest BCUT2D eigenvalue weighted by atomic mass is 9.97. The molecule has 0 bridgehead atoms. The summed E-state index contributed by atoms with van der Waals surface area (Å²) in [6.07, 6.45) is 3.14. The molecule has 0 amide bonds. The van der Waals surface area contributed by atoms with E-state index in [0.29, 0.717) is 18.4 Å². The molecule has 1 aliphatic rings. The molecule has 1 aliphatic heterocycles. The van der Waals surface area contributed by atoms with Crippen LogP contribution in [0.2, 0.25) is 0 Å². The van der Waals surface area contributed by atoms with Gasteiger partial charge in [0.05, 0.1) is 18.6 Å². The molecule has 1 saturated heterocycles. The zero-order chi connectivity index (χ0) is 10.6. The van der Waals surface area contributed by atoms with E-state index in [0.717, 1.165) is 12.8 Å². The minimum absolute atomic E-state index is 0.0840. The van der Waals surface area contributed by atoms with Crippen molar-refractivity contribution in [3.8, 4) is 0 Å².